The van der Waals surface area contributed by atoms with Crippen LogP contribution in [0.3, 0.4) is 0 Å². The number of benzene rings is 1. The minimum absolute atomic E-state index is 0.187. The van der Waals surface area contributed by atoms with Crippen LogP contribution >= 0.6 is 0 Å². The Kier molecular flexibility index (Phi) is 4.85. The number of carbonyl (C=O) groups is 1. The molecular weight excluding hydrogens is 280 g/mol. The van der Waals surface area contributed by atoms with Crippen LogP contribution in [0.1, 0.15) is 26.3 Å². The Morgan fingerprint density at radius 1 is 1.41 bits per heavy atom. The number of fused-ring (bicyclic) bond motifs is 1. The van der Waals surface area contributed by atoms with E-state index < -0.39 is 11.7 Å². The minimum atomic E-state index is -0.529. The molecule has 0 saturated heterocycles. The lowest BCUT2D eigenvalue weighted by Gasteiger charge is -2.22. The Bertz CT molecular complexity index is 655. The molecule has 1 N–H and O–H groups in total. The van der Waals surface area contributed by atoms with E-state index in [1.807, 2.05) is 45.0 Å². The maximum atomic E-state index is 11.9. The molecule has 0 unspecified atom stereocenters. The van der Waals surface area contributed by atoms with E-state index in [2.05, 4.69) is 17.0 Å². The Morgan fingerprint density at radius 2 is 2.14 bits per heavy atom. The third-order valence-electron chi connectivity index (χ3n) is 3.10. The topological polar surface area (TPSA) is 63.8 Å². The number of hydrogen-bond donors (Lipinski definition) is 1. The van der Waals surface area contributed by atoms with Gasteiger partial charge in [-0.1, -0.05) is 18.2 Å². The van der Waals surface area contributed by atoms with E-state index in [1.54, 1.807) is 6.26 Å². The molecule has 0 bridgehead atoms. The Balaban J connectivity index is 2.08. The van der Waals surface area contributed by atoms with E-state index in [4.69, 9.17) is 9.15 Å². The van der Waals surface area contributed by atoms with Crippen LogP contribution in [0.4, 0.5) is 4.79 Å². The Hall–Kier alpha value is -2.30. The molecule has 22 heavy (non-hydrogen) atoms. The summed E-state index contributed by atoms with van der Waals surface area (Å²) in [4.78, 5) is 15.8. The molecule has 1 aromatic heterocycles. The fourth-order valence-corrected chi connectivity index (χ4v) is 2.25. The first-order valence-corrected chi connectivity index (χ1v) is 7.26. The van der Waals surface area contributed by atoms with Gasteiger partial charge in [-0.05, 0) is 40.0 Å². The number of nitrogens with one attached hydrogen (secondary N) is 1. The highest BCUT2D eigenvalue weighted by atomic mass is 16.6. The van der Waals surface area contributed by atoms with Crippen LogP contribution in [0.2, 0.25) is 0 Å². The van der Waals surface area contributed by atoms with Crippen LogP contribution in [0, 0.1) is 0 Å². The first kappa shape index (κ1) is 16.1. The van der Waals surface area contributed by atoms with Gasteiger partial charge in [-0.3, -0.25) is 4.99 Å². The number of carbonyl (C=O) groups excluding carboxylic acids is 1. The number of aliphatic imine (C=N–C) groups is 1. The molecule has 1 amide bonds. The summed E-state index contributed by atoms with van der Waals surface area (Å²) in [7, 11) is 0. The SMILES string of the molecule is C=NC[C@@H](Cc1coc2ccccc12)NC(=O)OC(C)(C)C. The fourth-order valence-electron chi connectivity index (χ4n) is 2.25. The van der Waals surface area contributed by atoms with E-state index in [0.29, 0.717) is 13.0 Å². The predicted octanol–water partition coefficient (Wildman–Crippen LogP) is 3.57. The zero-order valence-corrected chi connectivity index (χ0v) is 13.3. The summed E-state index contributed by atoms with van der Waals surface area (Å²) in [5.74, 6) is 0. The Morgan fingerprint density at radius 3 is 2.82 bits per heavy atom. The average molecular weight is 302 g/mol. The second-order valence-electron chi connectivity index (χ2n) is 6.21. The van der Waals surface area contributed by atoms with Crippen molar-refractivity contribution in [2.24, 2.45) is 4.99 Å². The standard InChI is InChI=1S/C17H22N2O3/c1-17(2,3)22-16(20)19-13(10-18-4)9-12-11-21-15-8-6-5-7-14(12)15/h5-8,11,13H,4,9-10H2,1-3H3,(H,19,20)/t13-/m1/s1. The summed E-state index contributed by atoms with van der Waals surface area (Å²) in [6, 6.07) is 7.62. The van der Waals surface area contributed by atoms with Crippen LogP contribution in [-0.2, 0) is 11.2 Å². The number of nitrogens with zero attached hydrogens (tertiary/aromatic N) is 1. The summed E-state index contributed by atoms with van der Waals surface area (Å²) >= 11 is 0. The lowest BCUT2D eigenvalue weighted by Crippen LogP contribution is -2.41. The van der Waals surface area contributed by atoms with Gasteiger partial charge in [-0.25, -0.2) is 4.79 Å². The van der Waals surface area contributed by atoms with Crippen molar-refractivity contribution in [2.45, 2.75) is 38.8 Å². The molecule has 0 aliphatic heterocycles. The van der Waals surface area contributed by atoms with Crippen LogP contribution in [0.15, 0.2) is 39.9 Å². The van der Waals surface area contributed by atoms with Crippen molar-refractivity contribution in [3.05, 3.63) is 36.1 Å². The number of ether oxygens (including phenoxy) is 1. The minimum Gasteiger partial charge on any atom is -0.464 e. The van der Waals surface area contributed by atoms with Crippen molar-refractivity contribution in [3.63, 3.8) is 0 Å². The molecule has 2 rings (SSSR count). The number of furan rings is 1. The van der Waals surface area contributed by atoms with Crippen molar-refractivity contribution in [1.29, 1.82) is 0 Å². The van der Waals surface area contributed by atoms with Crippen LogP contribution < -0.4 is 5.32 Å². The zero-order valence-electron chi connectivity index (χ0n) is 13.3. The lowest BCUT2D eigenvalue weighted by molar-refractivity contribution is 0.0506. The van der Waals surface area contributed by atoms with Gasteiger partial charge in [0.2, 0.25) is 0 Å². The van der Waals surface area contributed by atoms with E-state index in [9.17, 15) is 4.79 Å². The number of alkyl carbamates (subject to hydrolysis) is 1. The van der Waals surface area contributed by atoms with Gasteiger partial charge in [-0.15, -0.1) is 0 Å². The smallest absolute Gasteiger partial charge is 0.407 e. The summed E-state index contributed by atoms with van der Waals surface area (Å²) in [6.07, 6.45) is 1.88. The number of rotatable bonds is 5. The zero-order chi connectivity index (χ0) is 16.2. The molecule has 5 heteroatoms. The molecular formula is C17H22N2O3. The average Bonchev–Trinajstić information content (AvgIpc) is 2.80. The normalized spacial score (nSPS) is 12.9. The van der Waals surface area contributed by atoms with Crippen molar-refractivity contribution in [3.8, 4) is 0 Å². The van der Waals surface area contributed by atoms with Gasteiger partial charge in [0.25, 0.3) is 0 Å². The summed E-state index contributed by atoms with van der Waals surface area (Å²) < 4.78 is 10.8. The fraction of sp³-hybridized carbons (Fsp3) is 0.412. The molecule has 0 saturated carbocycles. The molecule has 0 fully saturated rings. The number of hydrogen-bond acceptors (Lipinski definition) is 4. The van der Waals surface area contributed by atoms with Crippen LogP contribution in [-0.4, -0.2) is 31.0 Å². The maximum Gasteiger partial charge on any atom is 0.407 e. The highest BCUT2D eigenvalue weighted by Crippen LogP contribution is 2.22. The molecule has 0 aliphatic carbocycles. The molecule has 1 heterocycles. The molecule has 5 nitrogen and oxygen atoms in total. The number of para-hydroxylation sites is 1. The first-order valence-electron chi connectivity index (χ1n) is 7.26. The molecule has 0 aliphatic rings. The highest BCUT2D eigenvalue weighted by molar-refractivity contribution is 5.81. The summed E-state index contributed by atoms with van der Waals surface area (Å²) in [5, 5.41) is 3.88. The van der Waals surface area contributed by atoms with Gasteiger partial charge in [0.1, 0.15) is 11.2 Å². The van der Waals surface area contributed by atoms with Crippen LogP contribution in [0.25, 0.3) is 11.0 Å². The van der Waals surface area contributed by atoms with Gasteiger partial charge in [0, 0.05) is 10.9 Å². The maximum absolute atomic E-state index is 11.9. The largest absolute Gasteiger partial charge is 0.464 e. The van der Waals surface area contributed by atoms with Crippen LogP contribution in [0.5, 0.6) is 0 Å². The van der Waals surface area contributed by atoms with E-state index in [-0.39, 0.29) is 6.04 Å². The predicted molar refractivity (Wildman–Crippen MR) is 87.5 cm³/mol. The lowest BCUT2D eigenvalue weighted by atomic mass is 10.1. The van der Waals surface area contributed by atoms with Gasteiger partial charge < -0.3 is 14.5 Å². The van der Waals surface area contributed by atoms with Crippen molar-refractivity contribution >= 4 is 23.8 Å². The third kappa shape index (κ3) is 4.35. The summed E-state index contributed by atoms with van der Waals surface area (Å²) in [5.41, 5.74) is 1.33. The molecule has 1 aromatic carbocycles. The first-order chi connectivity index (χ1) is 10.4. The number of amides is 1. The molecule has 0 spiro atoms. The second kappa shape index (κ2) is 6.64. The molecule has 118 valence electrons. The van der Waals surface area contributed by atoms with E-state index in [0.717, 1.165) is 16.5 Å². The van der Waals surface area contributed by atoms with Crippen molar-refractivity contribution < 1.29 is 13.9 Å². The van der Waals surface area contributed by atoms with Gasteiger partial charge in [0.05, 0.1) is 18.8 Å². The monoisotopic (exact) mass is 302 g/mol. The van der Waals surface area contributed by atoms with Gasteiger partial charge in [0.15, 0.2) is 0 Å². The van der Waals surface area contributed by atoms with E-state index in [1.165, 1.54) is 0 Å². The molecule has 0 radical (unpaired) electrons. The highest BCUT2D eigenvalue weighted by Gasteiger charge is 2.20. The molecule has 2 aromatic rings. The van der Waals surface area contributed by atoms with Gasteiger partial charge >= 0.3 is 6.09 Å². The van der Waals surface area contributed by atoms with Crippen molar-refractivity contribution in [1.82, 2.24) is 5.32 Å². The summed E-state index contributed by atoms with van der Waals surface area (Å²) in [6.45, 7) is 9.41. The van der Waals surface area contributed by atoms with Gasteiger partial charge in [-0.2, -0.15) is 0 Å². The van der Waals surface area contributed by atoms with Crippen molar-refractivity contribution in [2.75, 3.05) is 6.54 Å². The quantitative estimate of drug-likeness (QED) is 0.859. The second-order valence-corrected chi connectivity index (χ2v) is 6.21. The van der Waals surface area contributed by atoms with E-state index >= 15 is 0 Å². The third-order valence-corrected chi connectivity index (χ3v) is 3.10. The molecule has 1 atom stereocenters. The Labute approximate surface area is 130 Å².